The van der Waals surface area contributed by atoms with Crippen molar-refractivity contribution in [2.24, 2.45) is 0 Å². The van der Waals surface area contributed by atoms with Crippen LogP contribution in [0.25, 0.3) is 0 Å². The second-order valence-electron chi connectivity index (χ2n) is 3.40. The van der Waals surface area contributed by atoms with Crippen molar-refractivity contribution in [2.45, 2.75) is 13.0 Å². The average molecular weight is 193 g/mol. The monoisotopic (exact) mass is 193 g/mol. The van der Waals surface area contributed by atoms with Crippen LogP contribution in [0, 0.1) is 0 Å². The van der Waals surface area contributed by atoms with Gasteiger partial charge in [0.25, 0.3) is 5.11 Å². The number of thiocarbonyl (C=S) groups is 1. The number of hydrogen-bond donors (Lipinski definition) is 1. The number of fused-ring (bicyclic) bond motifs is 1. The zero-order valence-corrected chi connectivity index (χ0v) is 8.64. The van der Waals surface area contributed by atoms with Crippen molar-refractivity contribution in [2.75, 3.05) is 7.05 Å². The summed E-state index contributed by atoms with van der Waals surface area (Å²) < 4.78 is 0. The molecule has 1 aromatic rings. The van der Waals surface area contributed by atoms with Crippen molar-refractivity contribution in [3.63, 3.8) is 0 Å². The molecule has 0 amide bonds. The summed E-state index contributed by atoms with van der Waals surface area (Å²) >= 11 is 5.25. The van der Waals surface area contributed by atoms with E-state index in [4.69, 9.17) is 12.2 Å². The fourth-order valence-corrected chi connectivity index (χ4v) is 1.94. The van der Waals surface area contributed by atoms with Gasteiger partial charge in [-0.25, -0.2) is 0 Å². The Morgan fingerprint density at radius 2 is 2.08 bits per heavy atom. The molecule has 0 aliphatic carbocycles. The Balaban J connectivity index is 2.49. The SMILES string of the molecule is CC1c2ccccc2[NH2+]C(=S)N1C. The van der Waals surface area contributed by atoms with E-state index in [-0.39, 0.29) is 0 Å². The molecule has 1 aromatic carbocycles. The van der Waals surface area contributed by atoms with Gasteiger partial charge in [0.05, 0.1) is 6.04 Å². The smallest absolute Gasteiger partial charge is 0.274 e. The van der Waals surface area contributed by atoms with Crippen LogP contribution in [-0.4, -0.2) is 17.1 Å². The first-order valence-corrected chi connectivity index (χ1v) is 4.81. The highest BCUT2D eigenvalue weighted by Gasteiger charge is 2.27. The summed E-state index contributed by atoms with van der Waals surface area (Å²) in [5, 5.41) is 2.98. The van der Waals surface area contributed by atoms with Crippen LogP contribution in [0.2, 0.25) is 0 Å². The third kappa shape index (κ3) is 1.34. The van der Waals surface area contributed by atoms with Gasteiger partial charge in [0.2, 0.25) is 0 Å². The topological polar surface area (TPSA) is 19.9 Å². The molecule has 2 nitrogen and oxygen atoms in total. The lowest BCUT2D eigenvalue weighted by molar-refractivity contribution is -0.457. The van der Waals surface area contributed by atoms with E-state index < -0.39 is 0 Å². The molecule has 0 bridgehead atoms. The number of para-hydroxylation sites is 1. The van der Waals surface area contributed by atoms with Crippen LogP contribution in [0.15, 0.2) is 24.3 Å². The fraction of sp³-hybridized carbons (Fsp3) is 0.300. The van der Waals surface area contributed by atoms with Crippen molar-refractivity contribution < 1.29 is 5.32 Å². The van der Waals surface area contributed by atoms with Crippen molar-refractivity contribution in [3.8, 4) is 0 Å². The van der Waals surface area contributed by atoms with Gasteiger partial charge in [0.1, 0.15) is 5.69 Å². The molecule has 3 heteroatoms. The second kappa shape index (κ2) is 3.09. The van der Waals surface area contributed by atoms with Crippen LogP contribution in [0.1, 0.15) is 18.5 Å². The van der Waals surface area contributed by atoms with Crippen LogP contribution in [0.5, 0.6) is 0 Å². The van der Waals surface area contributed by atoms with Crippen molar-refractivity contribution in [1.29, 1.82) is 0 Å². The maximum atomic E-state index is 5.25. The van der Waals surface area contributed by atoms with Crippen LogP contribution in [-0.2, 0) is 0 Å². The lowest BCUT2D eigenvalue weighted by atomic mass is 10.0. The van der Waals surface area contributed by atoms with E-state index in [0.29, 0.717) is 6.04 Å². The van der Waals surface area contributed by atoms with Crippen LogP contribution < -0.4 is 5.32 Å². The molecule has 13 heavy (non-hydrogen) atoms. The van der Waals surface area contributed by atoms with Gasteiger partial charge >= 0.3 is 0 Å². The van der Waals surface area contributed by atoms with E-state index >= 15 is 0 Å². The summed E-state index contributed by atoms with van der Waals surface area (Å²) in [6.07, 6.45) is 0. The quantitative estimate of drug-likeness (QED) is 0.493. The lowest BCUT2D eigenvalue weighted by Crippen LogP contribution is -2.87. The summed E-state index contributed by atoms with van der Waals surface area (Å²) in [5.41, 5.74) is 2.62. The van der Waals surface area contributed by atoms with E-state index in [1.54, 1.807) is 0 Å². The molecule has 1 atom stereocenters. The molecule has 1 aliphatic rings. The fourth-order valence-electron chi connectivity index (χ4n) is 1.66. The summed E-state index contributed by atoms with van der Waals surface area (Å²) in [6.45, 7) is 2.18. The Morgan fingerprint density at radius 1 is 1.38 bits per heavy atom. The Bertz CT molecular complexity index is 349. The largest absolute Gasteiger partial charge is 0.314 e. The molecular weight excluding hydrogens is 180 g/mol. The highest BCUT2D eigenvalue weighted by atomic mass is 32.1. The van der Waals surface area contributed by atoms with E-state index in [2.05, 4.69) is 41.4 Å². The lowest BCUT2D eigenvalue weighted by Gasteiger charge is -2.30. The van der Waals surface area contributed by atoms with Crippen molar-refractivity contribution in [1.82, 2.24) is 4.90 Å². The number of nitrogens with zero attached hydrogens (tertiary/aromatic N) is 1. The number of benzene rings is 1. The highest BCUT2D eigenvalue weighted by Crippen LogP contribution is 2.25. The Hall–Kier alpha value is -0.930. The zero-order valence-electron chi connectivity index (χ0n) is 7.82. The highest BCUT2D eigenvalue weighted by molar-refractivity contribution is 7.79. The molecular formula is C10H13N2S+. The third-order valence-corrected chi connectivity index (χ3v) is 3.06. The number of nitrogens with two attached hydrogens (primary N) is 1. The molecule has 0 aromatic heterocycles. The van der Waals surface area contributed by atoms with E-state index in [9.17, 15) is 0 Å². The van der Waals surface area contributed by atoms with Crippen molar-refractivity contribution in [3.05, 3.63) is 29.8 Å². The van der Waals surface area contributed by atoms with E-state index in [0.717, 1.165) is 5.11 Å². The predicted molar refractivity (Wildman–Crippen MR) is 56.8 cm³/mol. The molecule has 1 unspecified atom stereocenters. The first kappa shape index (κ1) is 8.66. The molecule has 2 rings (SSSR count). The van der Waals surface area contributed by atoms with Gasteiger partial charge in [-0.3, -0.25) is 5.32 Å². The van der Waals surface area contributed by atoms with Crippen LogP contribution in [0.4, 0.5) is 5.69 Å². The molecule has 0 saturated heterocycles. The number of quaternary nitrogens is 1. The molecule has 1 heterocycles. The standard InChI is InChI=1S/C10H12N2S/c1-7-8-5-3-4-6-9(8)11-10(13)12(7)2/h3-7H,1-2H3,(H,11,13)/p+1. The Morgan fingerprint density at radius 3 is 2.85 bits per heavy atom. The summed E-state index contributed by atoms with van der Waals surface area (Å²) in [5.74, 6) is 0. The Labute approximate surface area is 83.6 Å². The van der Waals surface area contributed by atoms with Gasteiger partial charge in [-0.2, -0.15) is 0 Å². The van der Waals surface area contributed by atoms with Gasteiger partial charge in [-0.1, -0.05) is 18.2 Å². The maximum Gasteiger partial charge on any atom is 0.274 e. The van der Waals surface area contributed by atoms with Gasteiger partial charge in [-0.05, 0) is 13.0 Å². The molecule has 0 saturated carbocycles. The number of rotatable bonds is 0. The van der Waals surface area contributed by atoms with E-state index in [1.165, 1.54) is 11.3 Å². The van der Waals surface area contributed by atoms with Crippen molar-refractivity contribution >= 4 is 23.0 Å². The normalized spacial score (nSPS) is 21.5. The van der Waals surface area contributed by atoms with Gasteiger partial charge in [0, 0.05) is 24.8 Å². The summed E-state index contributed by atoms with van der Waals surface area (Å²) in [7, 11) is 2.04. The first-order chi connectivity index (χ1) is 6.20. The van der Waals surface area contributed by atoms with E-state index in [1.807, 2.05) is 7.05 Å². The van der Waals surface area contributed by atoms with Gasteiger partial charge in [-0.15, -0.1) is 0 Å². The van der Waals surface area contributed by atoms with Gasteiger partial charge in [0.15, 0.2) is 0 Å². The third-order valence-electron chi connectivity index (χ3n) is 2.65. The minimum atomic E-state index is 0.397. The Kier molecular flexibility index (Phi) is 2.06. The predicted octanol–water partition coefficient (Wildman–Crippen LogP) is 1.17. The molecule has 0 radical (unpaired) electrons. The molecule has 2 N–H and O–H groups in total. The van der Waals surface area contributed by atoms with Crippen LogP contribution >= 0.6 is 12.2 Å². The average Bonchev–Trinajstić information content (AvgIpc) is 2.15. The molecule has 1 aliphatic heterocycles. The second-order valence-corrected chi connectivity index (χ2v) is 3.82. The van der Waals surface area contributed by atoms with Crippen LogP contribution in [0.3, 0.4) is 0 Å². The molecule has 0 fully saturated rings. The maximum absolute atomic E-state index is 5.25. The first-order valence-electron chi connectivity index (χ1n) is 4.40. The van der Waals surface area contributed by atoms with Gasteiger partial charge < -0.3 is 4.90 Å². The minimum absolute atomic E-state index is 0.397. The number of hydrogen-bond acceptors (Lipinski definition) is 1. The molecule has 68 valence electrons. The molecule has 0 spiro atoms. The minimum Gasteiger partial charge on any atom is -0.314 e. The summed E-state index contributed by atoms with van der Waals surface area (Å²) in [6, 6.07) is 8.80. The summed E-state index contributed by atoms with van der Waals surface area (Å²) in [4.78, 5) is 2.12. The zero-order chi connectivity index (χ0) is 9.42.